The number of hydrogen-bond donors (Lipinski definition) is 1. The van der Waals surface area contributed by atoms with Crippen molar-refractivity contribution in [3.63, 3.8) is 0 Å². The number of nitro benzene ring substituents is 1. The van der Waals surface area contributed by atoms with E-state index < -0.39 is 14.9 Å². The third-order valence-electron chi connectivity index (χ3n) is 2.49. The second kappa shape index (κ2) is 5.17. The number of hydrogen-bond acceptors (Lipinski definition) is 6. The van der Waals surface area contributed by atoms with Gasteiger partial charge in [0.15, 0.2) is 0 Å². The fraction of sp³-hybridized carbons (Fsp3) is 0.182. The Morgan fingerprint density at radius 3 is 2.30 bits per heavy atom. The zero-order chi connectivity index (χ0) is 14.9. The van der Waals surface area contributed by atoms with E-state index in [0.717, 1.165) is 17.1 Å². The predicted octanol–water partition coefficient (Wildman–Crippen LogP) is 2.47. The first kappa shape index (κ1) is 14.4. The lowest BCUT2D eigenvalue weighted by atomic mass is 10.3. The smallest absolute Gasteiger partial charge is 0.269 e. The highest BCUT2D eigenvalue weighted by molar-refractivity contribution is 7.93. The number of thiazole rings is 1. The summed E-state index contributed by atoms with van der Waals surface area (Å²) >= 11 is 1.23. The molecule has 0 unspecified atom stereocenters. The molecule has 106 valence electrons. The Morgan fingerprint density at radius 1 is 1.25 bits per heavy atom. The Bertz CT molecular complexity index is 750. The molecule has 2 rings (SSSR count). The number of non-ortho nitro benzene ring substituents is 1. The molecule has 0 saturated heterocycles. The van der Waals surface area contributed by atoms with Gasteiger partial charge in [-0.1, -0.05) is 0 Å². The minimum Gasteiger partial charge on any atom is -0.269 e. The average Bonchev–Trinajstić information content (AvgIpc) is 2.67. The highest BCUT2D eigenvalue weighted by Crippen LogP contribution is 2.26. The van der Waals surface area contributed by atoms with Crippen LogP contribution in [0.3, 0.4) is 0 Å². The van der Waals surface area contributed by atoms with Crippen LogP contribution in [0, 0.1) is 24.0 Å². The summed E-state index contributed by atoms with van der Waals surface area (Å²) in [4.78, 5) is 14.0. The van der Waals surface area contributed by atoms with Crippen molar-refractivity contribution in [1.29, 1.82) is 0 Å². The summed E-state index contributed by atoms with van der Waals surface area (Å²) in [5.41, 5.74) is 0.437. The SMILES string of the molecule is Cc1nc(C)c(NS(=O)(=O)c2ccc([N+](=O)[O-])cc2)s1. The van der Waals surface area contributed by atoms with Crippen LogP contribution in [0.5, 0.6) is 0 Å². The largest absolute Gasteiger partial charge is 0.269 e. The van der Waals surface area contributed by atoms with E-state index in [0.29, 0.717) is 10.7 Å². The highest BCUT2D eigenvalue weighted by atomic mass is 32.2. The molecule has 1 N–H and O–H groups in total. The summed E-state index contributed by atoms with van der Waals surface area (Å²) in [7, 11) is -3.77. The monoisotopic (exact) mass is 313 g/mol. The summed E-state index contributed by atoms with van der Waals surface area (Å²) in [6.45, 7) is 3.48. The normalized spacial score (nSPS) is 11.3. The molecule has 0 radical (unpaired) electrons. The molecule has 0 spiro atoms. The Hall–Kier alpha value is -2.00. The first-order valence-electron chi connectivity index (χ1n) is 5.51. The van der Waals surface area contributed by atoms with Crippen molar-refractivity contribution in [1.82, 2.24) is 4.98 Å². The van der Waals surface area contributed by atoms with Gasteiger partial charge in [-0.15, -0.1) is 11.3 Å². The van der Waals surface area contributed by atoms with Crippen LogP contribution in [0.1, 0.15) is 10.7 Å². The predicted molar refractivity (Wildman–Crippen MR) is 75.5 cm³/mol. The molecule has 1 aromatic heterocycles. The van der Waals surface area contributed by atoms with Gasteiger partial charge in [-0.05, 0) is 26.0 Å². The number of nitro groups is 1. The van der Waals surface area contributed by atoms with Crippen molar-refractivity contribution in [3.05, 3.63) is 45.1 Å². The molecule has 7 nitrogen and oxygen atoms in total. The quantitative estimate of drug-likeness (QED) is 0.690. The number of nitrogens with zero attached hydrogens (tertiary/aromatic N) is 2. The Balaban J connectivity index is 2.30. The van der Waals surface area contributed by atoms with Crippen LogP contribution in [-0.2, 0) is 10.0 Å². The summed E-state index contributed by atoms with van der Waals surface area (Å²) in [6, 6.07) is 4.70. The van der Waals surface area contributed by atoms with Gasteiger partial charge in [0.25, 0.3) is 15.7 Å². The van der Waals surface area contributed by atoms with Crippen LogP contribution >= 0.6 is 11.3 Å². The maximum atomic E-state index is 12.1. The van der Waals surface area contributed by atoms with Crippen molar-refractivity contribution in [2.24, 2.45) is 0 Å². The van der Waals surface area contributed by atoms with E-state index in [9.17, 15) is 18.5 Å². The molecule has 0 bridgehead atoms. The minimum absolute atomic E-state index is 0.0337. The van der Waals surface area contributed by atoms with Gasteiger partial charge in [0.05, 0.1) is 20.5 Å². The van der Waals surface area contributed by atoms with Gasteiger partial charge in [-0.25, -0.2) is 13.4 Å². The number of sulfonamides is 1. The van der Waals surface area contributed by atoms with Crippen molar-refractivity contribution in [2.75, 3.05) is 4.72 Å². The van der Waals surface area contributed by atoms with Crippen molar-refractivity contribution in [3.8, 4) is 0 Å². The third-order valence-corrected chi connectivity index (χ3v) is 4.97. The number of rotatable bonds is 4. The van der Waals surface area contributed by atoms with Gasteiger partial charge in [0.1, 0.15) is 5.00 Å². The number of benzene rings is 1. The van der Waals surface area contributed by atoms with E-state index in [1.54, 1.807) is 13.8 Å². The number of nitrogens with one attached hydrogen (secondary N) is 1. The Morgan fingerprint density at radius 2 is 1.85 bits per heavy atom. The van der Waals surface area contributed by atoms with Crippen LogP contribution in [0.4, 0.5) is 10.7 Å². The van der Waals surface area contributed by atoms with E-state index in [4.69, 9.17) is 0 Å². The molecule has 0 aliphatic heterocycles. The molecule has 1 heterocycles. The minimum atomic E-state index is -3.77. The van der Waals surface area contributed by atoms with Crippen molar-refractivity contribution < 1.29 is 13.3 Å². The van der Waals surface area contributed by atoms with Gasteiger partial charge in [-0.2, -0.15) is 0 Å². The summed E-state index contributed by atoms with van der Waals surface area (Å²) in [6.07, 6.45) is 0. The number of aromatic nitrogens is 1. The maximum absolute atomic E-state index is 12.1. The molecule has 2 aromatic rings. The van der Waals surface area contributed by atoms with Gasteiger partial charge in [0.2, 0.25) is 0 Å². The topological polar surface area (TPSA) is 102 Å². The molecular formula is C11H11N3O4S2. The molecule has 1 aromatic carbocycles. The summed E-state index contributed by atoms with van der Waals surface area (Å²) < 4.78 is 26.7. The zero-order valence-electron chi connectivity index (χ0n) is 10.7. The van der Waals surface area contributed by atoms with Crippen molar-refractivity contribution in [2.45, 2.75) is 18.7 Å². The summed E-state index contributed by atoms with van der Waals surface area (Å²) in [5.74, 6) is 0. The molecule has 0 aliphatic carbocycles. The lowest BCUT2D eigenvalue weighted by Gasteiger charge is -2.06. The van der Waals surface area contributed by atoms with Crippen LogP contribution in [0.25, 0.3) is 0 Å². The molecular weight excluding hydrogens is 302 g/mol. The number of anilines is 1. The standard InChI is InChI=1S/C11H11N3O4S2/c1-7-11(19-8(2)12-7)13-20(17,18)10-5-3-9(4-6-10)14(15)16/h3-6,13H,1-2H3. The van der Waals surface area contributed by atoms with Crippen molar-refractivity contribution >= 4 is 32.0 Å². The molecule has 0 fully saturated rings. The van der Waals surface area contributed by atoms with E-state index >= 15 is 0 Å². The lowest BCUT2D eigenvalue weighted by Crippen LogP contribution is -2.12. The second-order valence-electron chi connectivity index (χ2n) is 4.00. The maximum Gasteiger partial charge on any atom is 0.269 e. The fourth-order valence-corrected chi connectivity index (χ4v) is 3.73. The second-order valence-corrected chi connectivity index (χ2v) is 6.89. The van der Waals surface area contributed by atoms with Gasteiger partial charge in [0, 0.05) is 12.1 Å². The van der Waals surface area contributed by atoms with Crippen LogP contribution in [-0.4, -0.2) is 18.3 Å². The van der Waals surface area contributed by atoms with Crippen LogP contribution in [0.15, 0.2) is 29.2 Å². The molecule has 9 heteroatoms. The van der Waals surface area contributed by atoms with E-state index in [1.807, 2.05) is 0 Å². The Kier molecular flexibility index (Phi) is 3.73. The van der Waals surface area contributed by atoms with Gasteiger partial charge < -0.3 is 0 Å². The van der Waals surface area contributed by atoms with E-state index in [2.05, 4.69) is 9.71 Å². The summed E-state index contributed by atoms with van der Waals surface area (Å²) in [5, 5.41) is 11.7. The first-order valence-corrected chi connectivity index (χ1v) is 7.81. The molecule has 0 aliphatic rings. The first-order chi connectivity index (χ1) is 9.29. The zero-order valence-corrected chi connectivity index (χ0v) is 12.3. The fourth-order valence-electron chi connectivity index (χ4n) is 1.55. The average molecular weight is 313 g/mol. The number of aryl methyl sites for hydroxylation is 2. The highest BCUT2D eigenvalue weighted by Gasteiger charge is 2.18. The van der Waals surface area contributed by atoms with Crippen LogP contribution in [0.2, 0.25) is 0 Å². The lowest BCUT2D eigenvalue weighted by molar-refractivity contribution is -0.384. The van der Waals surface area contributed by atoms with E-state index in [-0.39, 0.29) is 10.6 Å². The molecule has 0 amide bonds. The van der Waals surface area contributed by atoms with Gasteiger partial charge >= 0.3 is 0 Å². The molecule has 0 saturated carbocycles. The molecule has 0 atom stereocenters. The third kappa shape index (κ3) is 2.94. The van der Waals surface area contributed by atoms with Gasteiger partial charge in [-0.3, -0.25) is 14.8 Å². The Labute approximate surface area is 119 Å². The van der Waals surface area contributed by atoms with E-state index in [1.165, 1.54) is 23.5 Å². The molecule has 20 heavy (non-hydrogen) atoms. The van der Waals surface area contributed by atoms with Crippen LogP contribution < -0.4 is 4.72 Å².